The van der Waals surface area contributed by atoms with E-state index in [1.165, 1.54) is 0 Å². The van der Waals surface area contributed by atoms with Gasteiger partial charge in [0.2, 0.25) is 5.91 Å². The molecule has 4 nitrogen and oxygen atoms in total. The highest BCUT2D eigenvalue weighted by atomic mass is 79.9. The van der Waals surface area contributed by atoms with E-state index in [1.807, 2.05) is 36.4 Å². The predicted octanol–water partition coefficient (Wildman–Crippen LogP) is 2.68. The van der Waals surface area contributed by atoms with Crippen molar-refractivity contribution in [2.45, 2.75) is 19.0 Å². The molecule has 1 aromatic carbocycles. The van der Waals surface area contributed by atoms with Crippen LogP contribution in [0, 0.1) is 0 Å². The standard InChI is InChI=1S/C16H18BrN3O/c1-16(18,13-3-5-14(17)6-4-13)15(21)20(2)11-12-7-9-19-10-8-12/h3-10H,11,18H2,1-2H3. The lowest BCUT2D eigenvalue weighted by Gasteiger charge is -2.29. The van der Waals surface area contributed by atoms with Crippen LogP contribution in [0.3, 0.4) is 0 Å². The fraction of sp³-hybridized carbons (Fsp3) is 0.250. The topological polar surface area (TPSA) is 59.2 Å². The average molecular weight is 348 g/mol. The summed E-state index contributed by atoms with van der Waals surface area (Å²) in [5.74, 6) is -0.123. The molecule has 1 unspecified atom stereocenters. The van der Waals surface area contributed by atoms with E-state index in [0.29, 0.717) is 6.54 Å². The van der Waals surface area contributed by atoms with Gasteiger partial charge in [-0.1, -0.05) is 28.1 Å². The zero-order valence-corrected chi connectivity index (χ0v) is 13.7. The quantitative estimate of drug-likeness (QED) is 0.924. The van der Waals surface area contributed by atoms with E-state index >= 15 is 0 Å². The molecule has 1 amide bonds. The number of nitrogens with two attached hydrogens (primary N) is 1. The molecule has 1 atom stereocenters. The molecule has 21 heavy (non-hydrogen) atoms. The number of likely N-dealkylation sites (N-methyl/N-ethyl adjacent to an activating group) is 1. The van der Waals surface area contributed by atoms with Gasteiger partial charge in [0.05, 0.1) is 0 Å². The molecule has 0 radical (unpaired) electrons. The van der Waals surface area contributed by atoms with Gasteiger partial charge >= 0.3 is 0 Å². The van der Waals surface area contributed by atoms with Crippen LogP contribution in [0.1, 0.15) is 18.1 Å². The predicted molar refractivity (Wildman–Crippen MR) is 86.4 cm³/mol. The van der Waals surface area contributed by atoms with Gasteiger partial charge in [-0.15, -0.1) is 0 Å². The first-order valence-corrected chi connectivity index (χ1v) is 7.40. The Morgan fingerprint density at radius 3 is 2.38 bits per heavy atom. The summed E-state index contributed by atoms with van der Waals surface area (Å²) in [6.45, 7) is 2.24. The maximum atomic E-state index is 12.6. The van der Waals surface area contributed by atoms with E-state index in [0.717, 1.165) is 15.6 Å². The molecular formula is C16H18BrN3O. The number of pyridine rings is 1. The molecule has 2 rings (SSSR count). The molecule has 0 spiro atoms. The maximum absolute atomic E-state index is 12.6. The van der Waals surface area contributed by atoms with E-state index in [1.54, 1.807) is 31.3 Å². The summed E-state index contributed by atoms with van der Waals surface area (Å²) in [6.07, 6.45) is 3.42. The lowest BCUT2D eigenvalue weighted by atomic mass is 9.91. The number of rotatable bonds is 4. The SMILES string of the molecule is CN(Cc1ccncc1)C(=O)C(C)(N)c1ccc(Br)cc1. The van der Waals surface area contributed by atoms with E-state index < -0.39 is 5.54 Å². The normalized spacial score (nSPS) is 13.5. The van der Waals surface area contributed by atoms with Crippen LogP contribution in [0.25, 0.3) is 0 Å². The van der Waals surface area contributed by atoms with Crippen molar-refractivity contribution in [3.63, 3.8) is 0 Å². The summed E-state index contributed by atoms with van der Waals surface area (Å²) in [5, 5.41) is 0. The molecular weight excluding hydrogens is 330 g/mol. The number of aromatic nitrogens is 1. The Balaban J connectivity index is 2.15. The average Bonchev–Trinajstić information content (AvgIpc) is 2.48. The van der Waals surface area contributed by atoms with Gasteiger partial charge in [0.25, 0.3) is 0 Å². The van der Waals surface area contributed by atoms with Crippen LogP contribution in [-0.2, 0) is 16.9 Å². The fourth-order valence-corrected chi connectivity index (χ4v) is 2.41. The summed E-state index contributed by atoms with van der Waals surface area (Å²) < 4.78 is 0.958. The number of nitrogens with zero attached hydrogens (tertiary/aromatic N) is 2. The second-order valence-electron chi connectivity index (χ2n) is 5.23. The Labute approximate surface area is 133 Å². The van der Waals surface area contributed by atoms with Gasteiger partial charge in [-0.05, 0) is 42.3 Å². The highest BCUT2D eigenvalue weighted by Crippen LogP contribution is 2.23. The highest BCUT2D eigenvalue weighted by Gasteiger charge is 2.33. The third kappa shape index (κ3) is 3.68. The van der Waals surface area contributed by atoms with Crippen LogP contribution in [0.15, 0.2) is 53.3 Å². The van der Waals surface area contributed by atoms with Gasteiger partial charge in [-0.2, -0.15) is 0 Å². The molecule has 1 heterocycles. The second-order valence-corrected chi connectivity index (χ2v) is 6.14. The largest absolute Gasteiger partial charge is 0.340 e. The first-order valence-electron chi connectivity index (χ1n) is 6.60. The van der Waals surface area contributed by atoms with Crippen LogP contribution in [0.4, 0.5) is 0 Å². The van der Waals surface area contributed by atoms with Crippen LogP contribution < -0.4 is 5.73 Å². The van der Waals surface area contributed by atoms with Crippen molar-refractivity contribution in [3.05, 3.63) is 64.4 Å². The van der Waals surface area contributed by atoms with Crippen molar-refractivity contribution in [1.29, 1.82) is 0 Å². The summed E-state index contributed by atoms with van der Waals surface area (Å²) in [4.78, 5) is 18.2. The summed E-state index contributed by atoms with van der Waals surface area (Å²) in [7, 11) is 1.76. The van der Waals surface area contributed by atoms with Crippen molar-refractivity contribution >= 4 is 21.8 Å². The van der Waals surface area contributed by atoms with Gasteiger partial charge in [0, 0.05) is 30.5 Å². The zero-order valence-electron chi connectivity index (χ0n) is 12.1. The number of amides is 1. The highest BCUT2D eigenvalue weighted by molar-refractivity contribution is 9.10. The molecule has 0 aliphatic heterocycles. The second kappa shape index (κ2) is 6.37. The van der Waals surface area contributed by atoms with E-state index in [2.05, 4.69) is 20.9 Å². The van der Waals surface area contributed by atoms with Crippen molar-refractivity contribution in [2.75, 3.05) is 7.05 Å². The van der Waals surface area contributed by atoms with Crippen LogP contribution >= 0.6 is 15.9 Å². The lowest BCUT2D eigenvalue weighted by Crippen LogP contribution is -2.49. The van der Waals surface area contributed by atoms with E-state index in [4.69, 9.17) is 5.73 Å². The van der Waals surface area contributed by atoms with Crippen LogP contribution in [-0.4, -0.2) is 22.8 Å². The first kappa shape index (κ1) is 15.7. The van der Waals surface area contributed by atoms with E-state index in [-0.39, 0.29) is 5.91 Å². The molecule has 1 aromatic heterocycles. The number of hydrogen-bond acceptors (Lipinski definition) is 3. The lowest BCUT2D eigenvalue weighted by molar-refractivity contribution is -0.136. The van der Waals surface area contributed by atoms with Crippen molar-refractivity contribution in [3.8, 4) is 0 Å². The van der Waals surface area contributed by atoms with Crippen molar-refractivity contribution in [2.24, 2.45) is 5.73 Å². The molecule has 2 aromatic rings. The van der Waals surface area contributed by atoms with E-state index in [9.17, 15) is 4.79 Å². The molecule has 110 valence electrons. The van der Waals surface area contributed by atoms with Gasteiger partial charge in [-0.3, -0.25) is 9.78 Å². The molecule has 0 saturated carbocycles. The summed E-state index contributed by atoms with van der Waals surface area (Å²) in [6, 6.07) is 11.3. The third-order valence-corrected chi connectivity index (χ3v) is 3.93. The number of benzene rings is 1. The van der Waals surface area contributed by atoms with Crippen molar-refractivity contribution in [1.82, 2.24) is 9.88 Å². The Kier molecular flexibility index (Phi) is 4.75. The van der Waals surface area contributed by atoms with Crippen LogP contribution in [0.2, 0.25) is 0 Å². The molecule has 0 saturated heterocycles. The Hall–Kier alpha value is -1.72. The number of carbonyl (C=O) groups excluding carboxylic acids is 1. The summed E-state index contributed by atoms with van der Waals surface area (Å²) >= 11 is 3.38. The molecule has 0 bridgehead atoms. The molecule has 0 aliphatic rings. The fourth-order valence-electron chi connectivity index (χ4n) is 2.15. The maximum Gasteiger partial charge on any atom is 0.247 e. The minimum absolute atomic E-state index is 0.123. The van der Waals surface area contributed by atoms with Crippen LogP contribution in [0.5, 0.6) is 0 Å². The molecule has 2 N–H and O–H groups in total. The Morgan fingerprint density at radius 2 is 1.81 bits per heavy atom. The monoisotopic (exact) mass is 347 g/mol. The minimum atomic E-state index is -1.05. The first-order chi connectivity index (χ1) is 9.91. The third-order valence-electron chi connectivity index (χ3n) is 3.40. The van der Waals surface area contributed by atoms with Gasteiger partial charge in [0.15, 0.2) is 0 Å². The van der Waals surface area contributed by atoms with Gasteiger partial charge < -0.3 is 10.6 Å². The Morgan fingerprint density at radius 1 is 1.24 bits per heavy atom. The smallest absolute Gasteiger partial charge is 0.247 e. The number of halogens is 1. The van der Waals surface area contributed by atoms with Gasteiger partial charge in [0.1, 0.15) is 5.54 Å². The van der Waals surface area contributed by atoms with Gasteiger partial charge in [-0.25, -0.2) is 0 Å². The number of hydrogen-bond donors (Lipinski definition) is 1. The van der Waals surface area contributed by atoms with Crippen molar-refractivity contribution < 1.29 is 4.79 Å². The molecule has 0 aliphatic carbocycles. The number of carbonyl (C=O) groups is 1. The summed E-state index contributed by atoms with van der Waals surface area (Å²) in [5.41, 5.74) is 7.02. The minimum Gasteiger partial charge on any atom is -0.340 e. The molecule has 0 fully saturated rings. The zero-order chi connectivity index (χ0) is 15.5. The molecule has 5 heteroatoms. The Bertz CT molecular complexity index is 611.